The summed E-state index contributed by atoms with van der Waals surface area (Å²) in [5, 5.41) is 6.45. The largest absolute Gasteiger partial charge is 0.385 e. The molecule has 0 unspecified atom stereocenters. The highest BCUT2D eigenvalue weighted by atomic mass is 16.5. The number of aromatic amines is 1. The monoisotopic (exact) mass is 186 g/mol. The first-order valence-corrected chi connectivity index (χ1v) is 4.76. The first-order valence-electron chi connectivity index (χ1n) is 4.76. The zero-order valence-corrected chi connectivity index (χ0v) is 9.42. The summed E-state index contributed by atoms with van der Waals surface area (Å²) >= 11 is 0. The summed E-state index contributed by atoms with van der Waals surface area (Å²) in [6.45, 7) is 8.94. The molecule has 0 fully saturated rings. The van der Waals surface area contributed by atoms with Gasteiger partial charge in [0, 0.05) is 25.6 Å². The van der Waals surface area contributed by atoms with Gasteiger partial charge >= 0.3 is 0 Å². The van der Waals surface area contributed by atoms with Crippen molar-refractivity contribution in [2.75, 3.05) is 13.7 Å². The van der Waals surface area contributed by atoms with E-state index in [1.807, 2.05) is 26.8 Å². The van der Waals surface area contributed by atoms with Crippen LogP contribution in [0.15, 0.2) is 12.3 Å². The number of methoxy groups -OCH3 is 1. The lowest BCUT2D eigenvalue weighted by Crippen LogP contribution is -1.80. The summed E-state index contributed by atoms with van der Waals surface area (Å²) in [6, 6.07) is 1.92. The Labute approximate surface area is 81.5 Å². The van der Waals surface area contributed by atoms with E-state index < -0.39 is 0 Å². The lowest BCUT2D eigenvalue weighted by molar-refractivity contribution is 0.199. The molecule has 0 atom stereocenters. The van der Waals surface area contributed by atoms with Crippen LogP contribution in [0, 0.1) is 6.92 Å². The molecule has 78 valence electrons. The fraction of sp³-hybridized carbons (Fsp3) is 0.700. The number of nitrogens with zero attached hydrogens (tertiary/aromatic N) is 1. The summed E-state index contributed by atoms with van der Waals surface area (Å²) in [5.41, 5.74) is 1.11. The first-order chi connectivity index (χ1) is 6.31. The number of rotatable bonds is 2. The minimum atomic E-state index is 0.889. The quantitative estimate of drug-likeness (QED) is 0.771. The molecule has 1 N–H and O–H groups in total. The van der Waals surface area contributed by atoms with Gasteiger partial charge in [-0.1, -0.05) is 20.8 Å². The van der Waals surface area contributed by atoms with Crippen LogP contribution in [0.2, 0.25) is 0 Å². The maximum atomic E-state index is 4.69. The summed E-state index contributed by atoms with van der Waals surface area (Å²) in [5.74, 6) is 0. The van der Waals surface area contributed by atoms with Gasteiger partial charge in [-0.3, -0.25) is 5.10 Å². The van der Waals surface area contributed by atoms with Crippen LogP contribution < -0.4 is 0 Å². The second-order valence-corrected chi connectivity index (χ2v) is 2.23. The van der Waals surface area contributed by atoms with Gasteiger partial charge in [0.15, 0.2) is 0 Å². The van der Waals surface area contributed by atoms with Gasteiger partial charge in [0.1, 0.15) is 0 Å². The van der Waals surface area contributed by atoms with Crippen LogP contribution in [0.5, 0.6) is 0 Å². The van der Waals surface area contributed by atoms with Gasteiger partial charge in [0.05, 0.1) is 0 Å². The van der Waals surface area contributed by atoms with Crippen LogP contribution in [-0.4, -0.2) is 23.9 Å². The number of nitrogens with one attached hydrogen (secondary N) is 1. The third-order valence-electron chi connectivity index (χ3n) is 1.05. The number of hydrogen-bond donors (Lipinski definition) is 1. The average molecular weight is 186 g/mol. The standard InChI is InChI=1S/C4H6N2.C4H10O.C2H6/c1-4-2-3-5-6-4;1-3-4-5-2;1-2/h2-3H,1H3,(H,5,6);3-4H2,1-2H3;1-2H3. The Morgan fingerprint density at radius 2 is 2.08 bits per heavy atom. The fourth-order valence-corrected chi connectivity index (χ4v) is 0.530. The molecular formula is C10H22N2O. The van der Waals surface area contributed by atoms with Crippen LogP contribution in [0.1, 0.15) is 32.9 Å². The zero-order valence-electron chi connectivity index (χ0n) is 9.42. The maximum absolute atomic E-state index is 4.69. The molecule has 0 aliphatic heterocycles. The van der Waals surface area contributed by atoms with Crippen molar-refractivity contribution in [1.82, 2.24) is 10.2 Å². The van der Waals surface area contributed by atoms with Gasteiger partial charge in [-0.2, -0.15) is 5.10 Å². The molecule has 1 heterocycles. The van der Waals surface area contributed by atoms with Gasteiger partial charge < -0.3 is 4.74 Å². The highest BCUT2D eigenvalue weighted by Crippen LogP contribution is 1.82. The van der Waals surface area contributed by atoms with Crippen molar-refractivity contribution in [3.05, 3.63) is 18.0 Å². The molecule has 0 saturated heterocycles. The Balaban J connectivity index is 0. The van der Waals surface area contributed by atoms with E-state index in [2.05, 4.69) is 17.1 Å². The van der Waals surface area contributed by atoms with Crippen molar-refractivity contribution in [3.8, 4) is 0 Å². The molecule has 3 heteroatoms. The molecule has 0 aliphatic rings. The zero-order chi connectivity index (χ0) is 10.5. The van der Waals surface area contributed by atoms with Crippen LogP contribution in [0.3, 0.4) is 0 Å². The number of ether oxygens (including phenoxy) is 1. The van der Waals surface area contributed by atoms with E-state index in [0.717, 1.165) is 18.7 Å². The Kier molecular flexibility index (Phi) is 15.5. The normalized spacial score (nSPS) is 7.77. The van der Waals surface area contributed by atoms with Gasteiger partial charge in [-0.25, -0.2) is 0 Å². The van der Waals surface area contributed by atoms with Gasteiger partial charge in [0.2, 0.25) is 0 Å². The number of hydrogen-bond acceptors (Lipinski definition) is 2. The lowest BCUT2D eigenvalue weighted by Gasteiger charge is -1.84. The van der Waals surface area contributed by atoms with Gasteiger partial charge in [0.25, 0.3) is 0 Å². The highest BCUT2D eigenvalue weighted by Gasteiger charge is 1.73. The predicted octanol–water partition coefficient (Wildman–Crippen LogP) is 2.79. The molecule has 0 saturated carbocycles. The molecule has 1 rings (SSSR count). The van der Waals surface area contributed by atoms with Crippen LogP contribution in [0.25, 0.3) is 0 Å². The molecule has 1 aromatic heterocycles. The molecule has 13 heavy (non-hydrogen) atoms. The van der Waals surface area contributed by atoms with Crippen molar-refractivity contribution in [2.45, 2.75) is 34.1 Å². The summed E-state index contributed by atoms with van der Waals surface area (Å²) in [4.78, 5) is 0. The lowest BCUT2D eigenvalue weighted by atomic mass is 10.5. The molecule has 0 radical (unpaired) electrons. The van der Waals surface area contributed by atoms with Crippen LogP contribution >= 0.6 is 0 Å². The highest BCUT2D eigenvalue weighted by molar-refractivity contribution is 4.91. The van der Waals surface area contributed by atoms with Crippen molar-refractivity contribution in [3.63, 3.8) is 0 Å². The number of aromatic nitrogens is 2. The van der Waals surface area contributed by atoms with Crippen LogP contribution in [0.4, 0.5) is 0 Å². The minimum absolute atomic E-state index is 0.889. The molecule has 0 aromatic carbocycles. The van der Waals surface area contributed by atoms with Crippen LogP contribution in [-0.2, 0) is 4.74 Å². The van der Waals surface area contributed by atoms with Crippen molar-refractivity contribution in [1.29, 1.82) is 0 Å². The van der Waals surface area contributed by atoms with E-state index in [1.165, 1.54) is 0 Å². The second-order valence-electron chi connectivity index (χ2n) is 2.23. The Hall–Kier alpha value is -0.830. The summed E-state index contributed by atoms with van der Waals surface area (Å²) in [7, 11) is 1.71. The fourth-order valence-electron chi connectivity index (χ4n) is 0.530. The predicted molar refractivity (Wildman–Crippen MR) is 56.8 cm³/mol. The molecule has 0 aliphatic carbocycles. The Bertz CT molecular complexity index is 148. The van der Waals surface area contributed by atoms with E-state index in [4.69, 9.17) is 4.74 Å². The maximum Gasteiger partial charge on any atom is 0.0489 e. The average Bonchev–Trinajstić information content (AvgIpc) is 2.62. The van der Waals surface area contributed by atoms with E-state index in [0.29, 0.717) is 0 Å². The van der Waals surface area contributed by atoms with E-state index >= 15 is 0 Å². The molecule has 0 amide bonds. The topological polar surface area (TPSA) is 37.9 Å². The Morgan fingerprint density at radius 3 is 2.15 bits per heavy atom. The number of H-pyrrole nitrogens is 1. The molecule has 0 spiro atoms. The van der Waals surface area contributed by atoms with E-state index in [-0.39, 0.29) is 0 Å². The summed E-state index contributed by atoms with van der Waals surface area (Å²) in [6.07, 6.45) is 2.85. The smallest absolute Gasteiger partial charge is 0.0489 e. The molecule has 0 bridgehead atoms. The first kappa shape index (κ1) is 14.7. The van der Waals surface area contributed by atoms with E-state index in [9.17, 15) is 0 Å². The third kappa shape index (κ3) is 14.1. The SMILES string of the molecule is CC.CCCOC.Cc1ccn[nH]1. The third-order valence-corrected chi connectivity index (χ3v) is 1.05. The van der Waals surface area contributed by atoms with E-state index in [1.54, 1.807) is 13.3 Å². The van der Waals surface area contributed by atoms with Crippen molar-refractivity contribution in [2.24, 2.45) is 0 Å². The minimum Gasteiger partial charge on any atom is -0.385 e. The molecule has 3 nitrogen and oxygen atoms in total. The molecule has 1 aromatic rings. The second kappa shape index (κ2) is 13.7. The summed E-state index contributed by atoms with van der Waals surface area (Å²) < 4.78 is 4.69. The molecular weight excluding hydrogens is 164 g/mol. The van der Waals surface area contributed by atoms with Crippen molar-refractivity contribution < 1.29 is 4.74 Å². The van der Waals surface area contributed by atoms with Gasteiger partial charge in [-0.15, -0.1) is 0 Å². The van der Waals surface area contributed by atoms with Crippen molar-refractivity contribution >= 4 is 0 Å². The number of aryl methyl sites for hydroxylation is 1. The van der Waals surface area contributed by atoms with Gasteiger partial charge in [-0.05, 0) is 19.4 Å². The Morgan fingerprint density at radius 1 is 1.46 bits per heavy atom.